The van der Waals surface area contributed by atoms with E-state index in [2.05, 4.69) is 64.8 Å². The molecule has 19 nitrogen and oxygen atoms in total. The van der Waals surface area contributed by atoms with Crippen molar-refractivity contribution in [2.45, 2.75) is 114 Å². The van der Waals surface area contributed by atoms with Crippen LogP contribution in [0, 0.1) is 24.7 Å². The second-order valence-corrected chi connectivity index (χ2v) is 25.2. The number of methoxy groups -OCH3 is 1. The van der Waals surface area contributed by atoms with Crippen molar-refractivity contribution in [2.24, 2.45) is 10.8 Å². The third-order valence-corrected chi connectivity index (χ3v) is 12.0. The van der Waals surface area contributed by atoms with Gasteiger partial charge in [0.15, 0.2) is 5.82 Å². The van der Waals surface area contributed by atoms with Crippen molar-refractivity contribution in [3.8, 4) is 69.1 Å². The number of nitrogens with zero attached hydrogens (tertiary/aromatic N) is 9. The molecule has 370 valence electrons. The number of esters is 1. The van der Waals surface area contributed by atoms with Crippen LogP contribution < -0.4 is 18.9 Å². The van der Waals surface area contributed by atoms with Crippen LogP contribution in [0.3, 0.4) is 0 Å². The SMILES string of the molecule is COC(=O)C(C)(C)COc1cc(C)c(-c2ccc(-c3nc(OC(C)C)n(COCC[Si](C)(C)C)n3)nc2)cn1.Cc1cc(OCC(C)(C)C(=O)O)ncc1-c1ccc(-c2nc(OC(C)C)n[nH]2)nc1. The van der Waals surface area contributed by atoms with Crippen LogP contribution >= 0.6 is 0 Å². The number of carbonyl (C=O) groups excluding carboxylic acids is 1. The summed E-state index contributed by atoms with van der Waals surface area (Å²) in [6.45, 7) is 26.5. The maximum atomic E-state index is 11.9. The molecule has 6 heterocycles. The Kier molecular flexibility index (Phi) is 17.7. The largest absolute Gasteiger partial charge is 0.481 e. The zero-order valence-corrected chi connectivity index (χ0v) is 43.2. The molecule has 6 aromatic heterocycles. The highest BCUT2D eigenvalue weighted by Crippen LogP contribution is 2.30. The second kappa shape index (κ2) is 23.0. The highest BCUT2D eigenvalue weighted by atomic mass is 28.3. The topological polar surface area (TPSA) is 234 Å². The van der Waals surface area contributed by atoms with Gasteiger partial charge in [-0.3, -0.25) is 24.7 Å². The number of rotatable bonds is 21. The molecule has 0 aliphatic carbocycles. The number of aryl methyl sites for hydroxylation is 2. The standard InChI is InChI=1S/C28H41N5O5Si.C21H25N5O4/c1-19(2)38-27-31-25(32-33(27)18-36-12-13-39(7,8)9)23-11-10-21(15-29-23)22-16-30-24(14-20(22)3)37-17-28(4,5)26(34)35-6;1-12(2)30-20-24-18(25-26-20)16-7-6-14(9-22-16)15-10-23-17(8-13(15)3)29-11-21(4,5)19(27)28/h10-11,14-16,19H,12-13,17-18H2,1-9H3;6-10,12H,11H2,1-5H3,(H,27,28)(H,24,25,26). The molecule has 0 saturated carbocycles. The van der Waals surface area contributed by atoms with Crippen LogP contribution in [0.2, 0.25) is 25.7 Å². The van der Waals surface area contributed by atoms with Crippen LogP contribution in [0.5, 0.6) is 23.8 Å². The summed E-state index contributed by atoms with van der Waals surface area (Å²) in [7, 11) is 0.186. The monoisotopic (exact) mass is 966 g/mol. The van der Waals surface area contributed by atoms with Crippen LogP contribution in [0.25, 0.3) is 45.3 Å². The quantitative estimate of drug-likeness (QED) is 0.0389. The molecule has 0 amide bonds. The number of pyridine rings is 4. The minimum Gasteiger partial charge on any atom is -0.481 e. The number of aliphatic carboxylic acids is 1. The van der Waals surface area contributed by atoms with Gasteiger partial charge in [0.25, 0.3) is 0 Å². The molecule has 0 aliphatic rings. The second-order valence-electron chi connectivity index (χ2n) is 19.5. The zero-order chi connectivity index (χ0) is 50.7. The molecule has 6 rings (SSSR count). The Balaban J connectivity index is 0.000000266. The van der Waals surface area contributed by atoms with Gasteiger partial charge in [-0.2, -0.15) is 14.6 Å². The van der Waals surface area contributed by atoms with E-state index in [0.717, 1.165) is 39.4 Å². The van der Waals surface area contributed by atoms with Crippen molar-refractivity contribution in [1.82, 2.24) is 49.9 Å². The van der Waals surface area contributed by atoms with Gasteiger partial charge in [-0.25, -0.2) is 9.97 Å². The Hall–Kier alpha value is -6.80. The van der Waals surface area contributed by atoms with Gasteiger partial charge < -0.3 is 33.5 Å². The van der Waals surface area contributed by atoms with Crippen LogP contribution in [0.15, 0.2) is 61.2 Å². The smallest absolute Gasteiger partial charge is 0.336 e. The third-order valence-electron chi connectivity index (χ3n) is 10.3. The Morgan fingerprint density at radius 1 is 0.754 bits per heavy atom. The number of hydrogen-bond acceptors (Lipinski definition) is 16. The number of aromatic amines is 1. The van der Waals surface area contributed by atoms with E-state index in [9.17, 15) is 14.7 Å². The number of H-pyrrole nitrogens is 1. The summed E-state index contributed by atoms with van der Waals surface area (Å²) in [5.41, 5.74) is 5.03. The van der Waals surface area contributed by atoms with E-state index in [0.29, 0.717) is 47.4 Å². The fourth-order valence-corrected chi connectivity index (χ4v) is 6.84. The van der Waals surface area contributed by atoms with E-state index in [1.54, 1.807) is 63.2 Å². The normalized spacial score (nSPS) is 11.8. The predicted molar refractivity (Wildman–Crippen MR) is 263 cm³/mol. The average Bonchev–Trinajstić information content (AvgIpc) is 3.92. The first-order valence-corrected chi connectivity index (χ1v) is 26.4. The lowest BCUT2D eigenvalue weighted by molar-refractivity contribution is -0.152. The van der Waals surface area contributed by atoms with E-state index in [-0.39, 0.29) is 44.1 Å². The molecule has 0 saturated heterocycles. The lowest BCUT2D eigenvalue weighted by Gasteiger charge is -2.21. The molecule has 6 aromatic rings. The molecule has 0 bridgehead atoms. The molecule has 20 heteroatoms. The number of carboxylic acids is 1. The summed E-state index contributed by atoms with van der Waals surface area (Å²) in [5.74, 6) is 0.567. The van der Waals surface area contributed by atoms with Gasteiger partial charge in [-0.1, -0.05) is 31.8 Å². The van der Waals surface area contributed by atoms with E-state index in [1.165, 1.54) is 7.11 Å². The molecule has 0 unspecified atom stereocenters. The van der Waals surface area contributed by atoms with Crippen LogP contribution in [0.4, 0.5) is 0 Å². The zero-order valence-electron chi connectivity index (χ0n) is 42.2. The van der Waals surface area contributed by atoms with Gasteiger partial charge in [0.05, 0.1) is 30.1 Å². The van der Waals surface area contributed by atoms with Crippen molar-refractivity contribution in [3.63, 3.8) is 0 Å². The van der Waals surface area contributed by atoms with E-state index in [1.807, 2.05) is 71.9 Å². The Morgan fingerprint density at radius 2 is 1.30 bits per heavy atom. The minimum absolute atomic E-state index is 0.0124. The van der Waals surface area contributed by atoms with Crippen LogP contribution in [-0.2, 0) is 25.8 Å². The first-order valence-electron chi connectivity index (χ1n) is 22.7. The molecule has 69 heavy (non-hydrogen) atoms. The first-order chi connectivity index (χ1) is 32.4. The molecule has 0 radical (unpaired) electrons. The molecule has 0 spiro atoms. The van der Waals surface area contributed by atoms with Gasteiger partial charge in [-0.15, -0.1) is 10.2 Å². The molecular weight excluding hydrogens is 901 g/mol. The van der Waals surface area contributed by atoms with Gasteiger partial charge in [-0.05, 0) is 98.5 Å². The fourth-order valence-electron chi connectivity index (χ4n) is 6.08. The third kappa shape index (κ3) is 15.4. The lowest BCUT2D eigenvalue weighted by Crippen LogP contribution is -2.32. The number of carboxylic acid groups (broad SMARTS) is 1. The molecule has 0 atom stereocenters. The predicted octanol–water partition coefficient (Wildman–Crippen LogP) is 8.90. The van der Waals surface area contributed by atoms with Gasteiger partial charge in [0.2, 0.25) is 17.6 Å². The van der Waals surface area contributed by atoms with Crippen molar-refractivity contribution in [1.29, 1.82) is 0 Å². The Bertz CT molecular complexity index is 2640. The highest BCUT2D eigenvalue weighted by molar-refractivity contribution is 6.76. The molecular formula is C49H66N10O9Si. The summed E-state index contributed by atoms with van der Waals surface area (Å²) >= 11 is 0. The number of hydrogen-bond donors (Lipinski definition) is 2. The van der Waals surface area contributed by atoms with E-state index >= 15 is 0 Å². The summed E-state index contributed by atoms with van der Waals surface area (Å²) in [6, 6.07) is 13.0. The Morgan fingerprint density at radius 3 is 1.78 bits per heavy atom. The molecule has 2 N–H and O–H groups in total. The summed E-state index contributed by atoms with van der Waals surface area (Å²) in [6.07, 6.45) is 6.88. The molecule has 0 aliphatic heterocycles. The van der Waals surface area contributed by atoms with Gasteiger partial charge in [0, 0.05) is 73.9 Å². The van der Waals surface area contributed by atoms with Crippen molar-refractivity contribution in [2.75, 3.05) is 26.9 Å². The maximum absolute atomic E-state index is 11.9. The summed E-state index contributed by atoms with van der Waals surface area (Å²) in [5, 5.41) is 20.6. The van der Waals surface area contributed by atoms with E-state index < -0.39 is 24.9 Å². The molecule has 0 fully saturated rings. The van der Waals surface area contributed by atoms with Crippen molar-refractivity contribution < 1.29 is 43.1 Å². The van der Waals surface area contributed by atoms with Gasteiger partial charge in [0.1, 0.15) is 31.3 Å². The lowest BCUT2D eigenvalue weighted by atomic mass is 9.95. The minimum atomic E-state index is -1.18. The molecule has 0 aromatic carbocycles. The van der Waals surface area contributed by atoms with Crippen molar-refractivity contribution in [3.05, 3.63) is 72.3 Å². The number of ether oxygens (including phenoxy) is 6. The summed E-state index contributed by atoms with van der Waals surface area (Å²) < 4.78 is 35.0. The van der Waals surface area contributed by atoms with Gasteiger partial charge >= 0.3 is 24.0 Å². The summed E-state index contributed by atoms with van der Waals surface area (Å²) in [4.78, 5) is 49.7. The number of aromatic nitrogens is 10. The average molecular weight is 967 g/mol. The van der Waals surface area contributed by atoms with Crippen LogP contribution in [0.1, 0.15) is 66.5 Å². The number of nitrogens with one attached hydrogen (secondary N) is 1. The first kappa shape index (κ1) is 53.2. The fraction of sp³-hybridized carbons (Fsp3) is 0.469. The van der Waals surface area contributed by atoms with Crippen LogP contribution in [-0.4, -0.2) is 114 Å². The maximum Gasteiger partial charge on any atom is 0.336 e. The van der Waals surface area contributed by atoms with E-state index in [4.69, 9.17) is 28.4 Å². The Labute approximate surface area is 404 Å². The van der Waals surface area contributed by atoms with Crippen molar-refractivity contribution >= 4 is 20.0 Å². The number of carbonyl (C=O) groups is 2. The highest BCUT2D eigenvalue weighted by Gasteiger charge is 2.30.